The van der Waals surface area contributed by atoms with Crippen molar-refractivity contribution in [2.24, 2.45) is 0 Å². The Hall–Kier alpha value is -1.20. The van der Waals surface area contributed by atoms with E-state index in [0.717, 1.165) is 15.7 Å². The molecule has 2 aromatic heterocycles. The van der Waals surface area contributed by atoms with Crippen molar-refractivity contribution in [1.82, 2.24) is 14.8 Å². The summed E-state index contributed by atoms with van der Waals surface area (Å²) in [6.07, 6.45) is 6.82. The maximum absolute atomic E-state index is 9.11. The second-order valence-corrected chi connectivity index (χ2v) is 3.68. The van der Waals surface area contributed by atoms with Gasteiger partial charge in [0.15, 0.2) is 0 Å². The molecule has 0 unspecified atom stereocenters. The van der Waals surface area contributed by atoms with Crippen LogP contribution >= 0.6 is 15.9 Å². The highest BCUT2D eigenvalue weighted by atomic mass is 79.9. The lowest BCUT2D eigenvalue weighted by molar-refractivity contribution is 0.281. The molecular formula is C9H8BrN3O. The van der Waals surface area contributed by atoms with Crippen LogP contribution in [-0.2, 0) is 6.61 Å². The highest BCUT2D eigenvalue weighted by Gasteiger charge is 2.04. The van der Waals surface area contributed by atoms with Gasteiger partial charge in [-0.2, -0.15) is 5.10 Å². The number of hydrogen-bond donors (Lipinski definition) is 1. The molecule has 0 aliphatic rings. The molecule has 0 aliphatic carbocycles. The molecule has 14 heavy (non-hydrogen) atoms. The summed E-state index contributed by atoms with van der Waals surface area (Å²) in [5.41, 5.74) is 1.59. The molecular weight excluding hydrogens is 246 g/mol. The van der Waals surface area contributed by atoms with Crippen LogP contribution in [0.5, 0.6) is 0 Å². The molecule has 0 atom stereocenters. The van der Waals surface area contributed by atoms with E-state index in [4.69, 9.17) is 5.11 Å². The molecule has 0 aromatic carbocycles. The van der Waals surface area contributed by atoms with Gasteiger partial charge in [-0.05, 0) is 22.0 Å². The van der Waals surface area contributed by atoms with Gasteiger partial charge in [-0.1, -0.05) is 0 Å². The summed E-state index contributed by atoms with van der Waals surface area (Å²) in [5, 5.41) is 13.2. The lowest BCUT2D eigenvalue weighted by atomic mass is 10.2. The highest BCUT2D eigenvalue weighted by Crippen LogP contribution is 2.15. The molecule has 2 aromatic rings. The van der Waals surface area contributed by atoms with Crippen LogP contribution in [0.15, 0.2) is 35.3 Å². The number of aliphatic hydroxyl groups is 1. The predicted octanol–water partition coefficient (Wildman–Crippen LogP) is 1.52. The quantitative estimate of drug-likeness (QED) is 0.883. The molecule has 4 nitrogen and oxygen atoms in total. The standard InChI is InChI=1S/C9H8BrN3O/c10-8-3-12-13(5-8)9-4-11-2-1-7(9)6-14/h1-5,14H,6H2. The summed E-state index contributed by atoms with van der Waals surface area (Å²) < 4.78 is 2.56. The molecule has 0 spiro atoms. The van der Waals surface area contributed by atoms with Crippen LogP contribution in [0.4, 0.5) is 0 Å². The maximum atomic E-state index is 9.11. The SMILES string of the molecule is OCc1ccncc1-n1cc(Br)cn1. The monoisotopic (exact) mass is 253 g/mol. The zero-order valence-electron chi connectivity index (χ0n) is 7.26. The first-order chi connectivity index (χ1) is 6.81. The number of pyridine rings is 1. The van der Waals surface area contributed by atoms with Crippen LogP contribution < -0.4 is 0 Å². The van der Waals surface area contributed by atoms with Crippen molar-refractivity contribution in [3.63, 3.8) is 0 Å². The zero-order valence-corrected chi connectivity index (χ0v) is 8.85. The van der Waals surface area contributed by atoms with Crippen LogP contribution in [0, 0.1) is 0 Å². The molecule has 1 N–H and O–H groups in total. The molecule has 0 aliphatic heterocycles. The average molecular weight is 254 g/mol. The maximum Gasteiger partial charge on any atom is 0.0884 e. The van der Waals surface area contributed by atoms with Gasteiger partial charge in [-0.25, -0.2) is 4.68 Å². The van der Waals surface area contributed by atoms with Gasteiger partial charge in [0.1, 0.15) is 0 Å². The van der Waals surface area contributed by atoms with E-state index in [-0.39, 0.29) is 6.61 Å². The van der Waals surface area contributed by atoms with Gasteiger partial charge in [0, 0.05) is 18.0 Å². The van der Waals surface area contributed by atoms with Crippen molar-refractivity contribution in [2.45, 2.75) is 6.61 Å². The van der Waals surface area contributed by atoms with Gasteiger partial charge >= 0.3 is 0 Å². The number of aromatic nitrogens is 3. The van der Waals surface area contributed by atoms with Crippen molar-refractivity contribution in [1.29, 1.82) is 0 Å². The first-order valence-electron chi connectivity index (χ1n) is 4.05. The Morgan fingerprint density at radius 3 is 2.93 bits per heavy atom. The molecule has 5 heteroatoms. The molecule has 2 rings (SSSR count). The average Bonchev–Trinajstić information content (AvgIpc) is 2.65. The normalized spacial score (nSPS) is 10.4. The van der Waals surface area contributed by atoms with Crippen LogP contribution in [-0.4, -0.2) is 19.9 Å². The third-order valence-electron chi connectivity index (χ3n) is 1.86. The van der Waals surface area contributed by atoms with Gasteiger partial charge < -0.3 is 5.11 Å². The minimum absolute atomic E-state index is 0.0185. The smallest absolute Gasteiger partial charge is 0.0884 e. The van der Waals surface area contributed by atoms with Gasteiger partial charge in [-0.3, -0.25) is 4.98 Å². The van der Waals surface area contributed by atoms with Crippen LogP contribution in [0.3, 0.4) is 0 Å². The molecule has 0 amide bonds. The van der Waals surface area contributed by atoms with E-state index < -0.39 is 0 Å². The lowest BCUT2D eigenvalue weighted by Gasteiger charge is -2.05. The second kappa shape index (κ2) is 3.89. The first-order valence-corrected chi connectivity index (χ1v) is 4.85. The Bertz CT molecular complexity index is 441. The predicted molar refractivity (Wildman–Crippen MR) is 55.0 cm³/mol. The topological polar surface area (TPSA) is 50.9 Å². The third kappa shape index (κ3) is 1.69. The molecule has 0 saturated carbocycles. The van der Waals surface area contributed by atoms with Crippen molar-refractivity contribution in [2.75, 3.05) is 0 Å². The second-order valence-electron chi connectivity index (χ2n) is 2.77. The fourth-order valence-corrected chi connectivity index (χ4v) is 1.47. The fourth-order valence-electron chi connectivity index (χ4n) is 1.19. The minimum atomic E-state index is -0.0185. The summed E-state index contributed by atoms with van der Waals surface area (Å²) in [4.78, 5) is 3.99. The molecule has 2 heterocycles. The van der Waals surface area contributed by atoms with Gasteiger partial charge in [-0.15, -0.1) is 0 Å². The summed E-state index contributed by atoms with van der Waals surface area (Å²) in [6, 6.07) is 1.77. The van der Waals surface area contributed by atoms with E-state index in [1.54, 1.807) is 29.3 Å². The molecule has 0 bridgehead atoms. The van der Waals surface area contributed by atoms with Crippen molar-refractivity contribution < 1.29 is 5.11 Å². The third-order valence-corrected chi connectivity index (χ3v) is 2.27. The Balaban J connectivity index is 2.50. The minimum Gasteiger partial charge on any atom is -0.392 e. The van der Waals surface area contributed by atoms with Crippen LogP contribution in [0.25, 0.3) is 5.69 Å². The molecule has 72 valence electrons. The van der Waals surface area contributed by atoms with Crippen LogP contribution in [0.1, 0.15) is 5.56 Å². The Kier molecular flexibility index (Phi) is 2.60. The molecule has 0 saturated heterocycles. The van der Waals surface area contributed by atoms with Crippen LogP contribution in [0.2, 0.25) is 0 Å². The van der Waals surface area contributed by atoms with Crippen molar-refractivity contribution in [3.8, 4) is 5.69 Å². The van der Waals surface area contributed by atoms with E-state index in [9.17, 15) is 0 Å². The van der Waals surface area contributed by atoms with Crippen molar-refractivity contribution in [3.05, 3.63) is 40.9 Å². The van der Waals surface area contributed by atoms with E-state index >= 15 is 0 Å². The van der Waals surface area contributed by atoms with Gasteiger partial charge in [0.25, 0.3) is 0 Å². The van der Waals surface area contributed by atoms with Gasteiger partial charge in [0.2, 0.25) is 0 Å². The highest BCUT2D eigenvalue weighted by molar-refractivity contribution is 9.10. The number of hydrogen-bond acceptors (Lipinski definition) is 3. The lowest BCUT2D eigenvalue weighted by Crippen LogP contribution is -2.00. The number of nitrogens with zero attached hydrogens (tertiary/aromatic N) is 3. The Morgan fingerprint density at radius 1 is 1.43 bits per heavy atom. The van der Waals surface area contributed by atoms with Crippen molar-refractivity contribution >= 4 is 15.9 Å². The van der Waals surface area contributed by atoms with E-state index in [2.05, 4.69) is 26.0 Å². The Morgan fingerprint density at radius 2 is 2.29 bits per heavy atom. The first kappa shape index (κ1) is 9.36. The molecule has 0 fully saturated rings. The summed E-state index contributed by atoms with van der Waals surface area (Å²) in [5.74, 6) is 0. The van der Waals surface area contributed by atoms with E-state index in [1.807, 2.05) is 6.20 Å². The Labute approximate surface area is 89.3 Å². The summed E-state index contributed by atoms with van der Waals surface area (Å²) in [7, 11) is 0. The molecule has 0 radical (unpaired) electrons. The summed E-state index contributed by atoms with van der Waals surface area (Å²) in [6.45, 7) is -0.0185. The summed E-state index contributed by atoms with van der Waals surface area (Å²) >= 11 is 3.31. The number of rotatable bonds is 2. The zero-order chi connectivity index (χ0) is 9.97. The van der Waals surface area contributed by atoms with Gasteiger partial charge in [0.05, 0.1) is 29.2 Å². The number of aliphatic hydroxyl groups excluding tert-OH is 1. The number of halogens is 1. The fraction of sp³-hybridized carbons (Fsp3) is 0.111. The largest absolute Gasteiger partial charge is 0.392 e. The van der Waals surface area contributed by atoms with E-state index in [0.29, 0.717) is 0 Å². The van der Waals surface area contributed by atoms with E-state index in [1.165, 1.54) is 0 Å².